The number of nitrogens with zero attached hydrogens (tertiary/aromatic N) is 2. The molecule has 0 radical (unpaired) electrons. The molecule has 0 saturated heterocycles. The summed E-state index contributed by atoms with van der Waals surface area (Å²) in [6.07, 6.45) is 2.99. The highest BCUT2D eigenvalue weighted by atomic mass is 35.5. The number of ether oxygens (including phenoxy) is 2. The van der Waals surface area contributed by atoms with Crippen LogP contribution in [0.25, 0.3) is 5.69 Å². The molecule has 2 aromatic heterocycles. The summed E-state index contributed by atoms with van der Waals surface area (Å²) in [6.45, 7) is 0.249. The number of methoxy groups -OCH3 is 1. The molecule has 0 unspecified atom stereocenters. The molecule has 0 aliphatic heterocycles. The number of carbonyl (C=O) groups excluding carboxylic acids is 1. The van der Waals surface area contributed by atoms with Crippen LogP contribution >= 0.6 is 11.6 Å². The number of anilines is 2. The molecule has 10 heteroatoms. The van der Waals surface area contributed by atoms with Crippen LogP contribution in [-0.4, -0.2) is 22.8 Å². The maximum atomic E-state index is 13.7. The highest BCUT2D eigenvalue weighted by molar-refractivity contribution is 6.30. The minimum Gasteiger partial charge on any atom is -0.497 e. The van der Waals surface area contributed by atoms with Crippen molar-refractivity contribution >= 4 is 28.9 Å². The molecule has 0 aliphatic carbocycles. The number of amides is 1. The molecule has 0 fully saturated rings. The molecule has 3 aromatic carbocycles. The van der Waals surface area contributed by atoms with E-state index in [1.165, 1.54) is 10.9 Å². The average molecular weight is 543 g/mol. The van der Waals surface area contributed by atoms with Gasteiger partial charge in [-0.3, -0.25) is 9.59 Å². The molecule has 0 bridgehead atoms. The van der Waals surface area contributed by atoms with Gasteiger partial charge < -0.3 is 24.5 Å². The minimum atomic E-state index is -0.459. The van der Waals surface area contributed by atoms with Crippen molar-refractivity contribution in [2.45, 2.75) is 6.54 Å². The van der Waals surface area contributed by atoms with Crippen molar-refractivity contribution in [2.75, 3.05) is 12.4 Å². The van der Waals surface area contributed by atoms with Crippen LogP contribution < -0.4 is 25.7 Å². The van der Waals surface area contributed by atoms with E-state index >= 15 is 0 Å². The van der Waals surface area contributed by atoms with Crippen LogP contribution in [0.5, 0.6) is 17.2 Å². The number of furan rings is 1. The molecule has 0 saturated carbocycles. The summed E-state index contributed by atoms with van der Waals surface area (Å²) in [4.78, 5) is 26.4. The second kappa shape index (κ2) is 11.6. The third-order valence-corrected chi connectivity index (χ3v) is 5.95. The van der Waals surface area contributed by atoms with Crippen molar-refractivity contribution in [3.05, 3.63) is 124 Å². The predicted octanol–water partition coefficient (Wildman–Crippen LogP) is 5.95. The fourth-order valence-electron chi connectivity index (χ4n) is 3.73. The molecule has 5 rings (SSSR count). The number of hydrogen-bond acceptors (Lipinski definition) is 7. The summed E-state index contributed by atoms with van der Waals surface area (Å²) >= 11 is 6.00. The minimum absolute atomic E-state index is 0.129. The fourth-order valence-corrected chi connectivity index (χ4v) is 3.86. The molecular weight excluding hydrogens is 520 g/mol. The van der Waals surface area contributed by atoms with Crippen LogP contribution in [0.4, 0.5) is 11.4 Å². The number of aromatic nitrogens is 2. The van der Waals surface area contributed by atoms with Crippen molar-refractivity contribution < 1.29 is 18.7 Å². The van der Waals surface area contributed by atoms with Crippen LogP contribution in [0.1, 0.15) is 16.1 Å². The zero-order valence-corrected chi connectivity index (χ0v) is 21.5. The topological polar surface area (TPSA) is 108 Å². The maximum absolute atomic E-state index is 13.7. The van der Waals surface area contributed by atoms with E-state index in [1.54, 1.807) is 98.3 Å². The Morgan fingerprint density at radius 2 is 1.77 bits per heavy atom. The van der Waals surface area contributed by atoms with Gasteiger partial charge in [-0.05, 0) is 78.9 Å². The smallest absolute Gasteiger partial charge is 0.299 e. The lowest BCUT2D eigenvalue weighted by atomic mass is 10.2. The molecule has 2 heterocycles. The monoisotopic (exact) mass is 542 g/mol. The second-order valence-corrected chi connectivity index (χ2v) is 8.76. The van der Waals surface area contributed by atoms with Gasteiger partial charge >= 0.3 is 0 Å². The SMILES string of the molecule is COc1ccc(-n2ncc(Oc3ccc(Cl)cc3)c(Nc3cccc(C(=O)NCc4ccco4)c3)c2=O)cc1. The number of hydrogen-bond donors (Lipinski definition) is 2. The summed E-state index contributed by atoms with van der Waals surface area (Å²) < 4.78 is 17.7. The van der Waals surface area contributed by atoms with E-state index in [9.17, 15) is 9.59 Å². The largest absolute Gasteiger partial charge is 0.497 e. The Morgan fingerprint density at radius 3 is 2.49 bits per heavy atom. The van der Waals surface area contributed by atoms with Gasteiger partial charge in [0.05, 0.1) is 31.8 Å². The van der Waals surface area contributed by atoms with Crippen LogP contribution in [0.2, 0.25) is 5.02 Å². The lowest BCUT2D eigenvalue weighted by molar-refractivity contribution is 0.0948. The van der Waals surface area contributed by atoms with Gasteiger partial charge in [0, 0.05) is 16.3 Å². The lowest BCUT2D eigenvalue weighted by Gasteiger charge is -2.15. The first-order valence-corrected chi connectivity index (χ1v) is 12.3. The van der Waals surface area contributed by atoms with Crippen LogP contribution in [0.3, 0.4) is 0 Å². The van der Waals surface area contributed by atoms with Gasteiger partial charge in [-0.15, -0.1) is 0 Å². The van der Waals surface area contributed by atoms with Gasteiger partial charge in [-0.2, -0.15) is 9.78 Å². The molecule has 0 atom stereocenters. The number of nitrogens with one attached hydrogen (secondary N) is 2. The standard InChI is InChI=1S/C29H23ClN4O5/c1-37-23-13-9-22(10-14-23)34-29(36)27(26(18-32-34)39-24-11-7-20(30)8-12-24)33-21-5-2-4-19(16-21)28(35)31-17-25-6-3-15-38-25/h2-16,18,33H,17H2,1H3,(H,31,35). The maximum Gasteiger partial charge on any atom is 0.299 e. The van der Waals surface area contributed by atoms with Crippen LogP contribution in [-0.2, 0) is 6.54 Å². The first-order chi connectivity index (χ1) is 19.0. The zero-order valence-electron chi connectivity index (χ0n) is 20.8. The molecule has 196 valence electrons. The first-order valence-electron chi connectivity index (χ1n) is 11.9. The quantitative estimate of drug-likeness (QED) is 0.237. The fraction of sp³-hybridized carbons (Fsp3) is 0.0690. The molecule has 39 heavy (non-hydrogen) atoms. The molecular formula is C29H23ClN4O5. The van der Waals surface area contributed by atoms with E-state index in [2.05, 4.69) is 15.7 Å². The summed E-state index contributed by atoms with van der Waals surface area (Å²) in [7, 11) is 1.57. The molecule has 5 aromatic rings. The number of carbonyl (C=O) groups is 1. The highest BCUT2D eigenvalue weighted by Gasteiger charge is 2.17. The zero-order chi connectivity index (χ0) is 27.2. The van der Waals surface area contributed by atoms with E-state index in [0.717, 1.165) is 0 Å². The van der Waals surface area contributed by atoms with E-state index in [4.69, 9.17) is 25.5 Å². The van der Waals surface area contributed by atoms with Gasteiger partial charge in [0.25, 0.3) is 11.5 Å². The van der Waals surface area contributed by atoms with Gasteiger partial charge in [0.1, 0.15) is 17.3 Å². The third kappa shape index (κ3) is 6.11. The number of benzene rings is 3. The number of rotatable bonds is 9. The summed E-state index contributed by atoms with van der Waals surface area (Å²) in [5.74, 6) is 1.65. The Kier molecular flexibility index (Phi) is 7.60. The molecule has 2 N–H and O–H groups in total. The third-order valence-electron chi connectivity index (χ3n) is 5.70. The van der Waals surface area contributed by atoms with Crippen molar-refractivity contribution in [3.63, 3.8) is 0 Å². The second-order valence-electron chi connectivity index (χ2n) is 8.32. The average Bonchev–Trinajstić information content (AvgIpc) is 3.49. The Bertz CT molecular complexity index is 1630. The Morgan fingerprint density at radius 1 is 1.00 bits per heavy atom. The van der Waals surface area contributed by atoms with Gasteiger partial charge in [-0.1, -0.05) is 17.7 Å². The number of halogens is 1. The van der Waals surface area contributed by atoms with E-state index in [1.807, 2.05) is 0 Å². The predicted molar refractivity (Wildman–Crippen MR) is 148 cm³/mol. The van der Waals surface area contributed by atoms with Crippen molar-refractivity contribution in [2.24, 2.45) is 0 Å². The normalized spacial score (nSPS) is 10.6. The lowest BCUT2D eigenvalue weighted by Crippen LogP contribution is -2.24. The van der Waals surface area contributed by atoms with Gasteiger partial charge in [0.2, 0.25) is 0 Å². The summed E-state index contributed by atoms with van der Waals surface area (Å²) in [6, 6.07) is 24.0. The summed E-state index contributed by atoms with van der Waals surface area (Å²) in [5, 5.41) is 10.8. The Labute approximate surface area is 228 Å². The van der Waals surface area contributed by atoms with E-state index in [-0.39, 0.29) is 23.9 Å². The van der Waals surface area contributed by atoms with E-state index < -0.39 is 5.56 Å². The van der Waals surface area contributed by atoms with E-state index in [0.29, 0.717) is 39.2 Å². The highest BCUT2D eigenvalue weighted by Crippen LogP contribution is 2.30. The molecule has 0 aliphatic rings. The van der Waals surface area contributed by atoms with Gasteiger partial charge in [0.15, 0.2) is 11.4 Å². The van der Waals surface area contributed by atoms with Crippen LogP contribution in [0.15, 0.2) is 107 Å². The van der Waals surface area contributed by atoms with Crippen molar-refractivity contribution in [1.29, 1.82) is 0 Å². The molecule has 1 amide bonds. The first kappa shape index (κ1) is 25.6. The van der Waals surface area contributed by atoms with Gasteiger partial charge in [-0.25, -0.2) is 0 Å². The van der Waals surface area contributed by atoms with Crippen molar-refractivity contribution in [3.8, 4) is 22.9 Å². The molecule has 9 nitrogen and oxygen atoms in total. The Hall–Kier alpha value is -5.02. The molecule has 0 spiro atoms. The Balaban J connectivity index is 1.47. The van der Waals surface area contributed by atoms with Crippen LogP contribution in [0, 0.1) is 0 Å². The summed E-state index contributed by atoms with van der Waals surface area (Å²) in [5.41, 5.74) is 1.11. The van der Waals surface area contributed by atoms with Crippen molar-refractivity contribution in [1.82, 2.24) is 15.1 Å².